The molecule has 6 nitrogen and oxygen atoms in total. The Bertz CT molecular complexity index is 731. The van der Waals surface area contributed by atoms with E-state index in [4.69, 9.17) is 4.74 Å². The zero-order chi connectivity index (χ0) is 18.4. The van der Waals surface area contributed by atoms with Crippen LogP contribution in [-0.2, 0) is 17.8 Å². The minimum Gasteiger partial charge on any atom is -0.444 e. The smallest absolute Gasteiger partial charge is 0.410 e. The average Bonchev–Trinajstić information content (AvgIpc) is 3.00. The van der Waals surface area contributed by atoms with Crippen molar-refractivity contribution in [2.75, 3.05) is 12.4 Å². The fraction of sp³-hybridized carbons (Fsp3) is 0.368. The van der Waals surface area contributed by atoms with E-state index in [1.54, 1.807) is 29.0 Å². The van der Waals surface area contributed by atoms with Gasteiger partial charge in [0.25, 0.3) is 0 Å². The molecule has 0 bridgehead atoms. The molecule has 1 aromatic carbocycles. The third-order valence-corrected chi connectivity index (χ3v) is 3.39. The van der Waals surface area contributed by atoms with Gasteiger partial charge in [0.05, 0.1) is 6.20 Å². The number of carbonyl (C=O) groups excluding carboxylic acids is 1. The van der Waals surface area contributed by atoms with Crippen molar-refractivity contribution in [1.82, 2.24) is 14.7 Å². The molecule has 0 atom stereocenters. The van der Waals surface area contributed by atoms with Crippen molar-refractivity contribution >= 4 is 18.0 Å². The maximum atomic E-state index is 12.1. The van der Waals surface area contributed by atoms with Gasteiger partial charge in [-0.25, -0.2) is 9.48 Å². The molecule has 0 saturated heterocycles. The van der Waals surface area contributed by atoms with Crippen LogP contribution in [0, 0.1) is 0 Å². The van der Waals surface area contributed by atoms with E-state index in [1.807, 2.05) is 51.2 Å². The van der Waals surface area contributed by atoms with Crippen LogP contribution < -0.4 is 5.32 Å². The highest BCUT2D eigenvalue weighted by molar-refractivity contribution is 5.67. The van der Waals surface area contributed by atoms with Crippen molar-refractivity contribution in [1.29, 1.82) is 0 Å². The molecule has 0 spiro atoms. The lowest BCUT2D eigenvalue weighted by molar-refractivity contribution is 0.0285. The summed E-state index contributed by atoms with van der Waals surface area (Å²) in [6.07, 6.45) is 5.04. The van der Waals surface area contributed by atoms with Gasteiger partial charge in [0.1, 0.15) is 5.60 Å². The van der Waals surface area contributed by atoms with Crippen LogP contribution in [0.1, 0.15) is 31.9 Å². The molecule has 0 saturated carbocycles. The van der Waals surface area contributed by atoms with Crippen molar-refractivity contribution < 1.29 is 9.53 Å². The number of hydrogen-bond acceptors (Lipinski definition) is 4. The molecule has 1 aromatic heterocycles. The highest BCUT2D eigenvalue weighted by Crippen LogP contribution is 2.15. The topological polar surface area (TPSA) is 59.4 Å². The second-order valence-corrected chi connectivity index (χ2v) is 6.90. The Morgan fingerprint density at radius 1 is 1.40 bits per heavy atom. The Kier molecular flexibility index (Phi) is 5.85. The molecule has 1 N–H and O–H groups in total. The fourth-order valence-corrected chi connectivity index (χ4v) is 2.23. The minimum absolute atomic E-state index is 0.331. The van der Waals surface area contributed by atoms with Gasteiger partial charge >= 0.3 is 6.09 Å². The third-order valence-electron chi connectivity index (χ3n) is 3.39. The second-order valence-electron chi connectivity index (χ2n) is 6.90. The monoisotopic (exact) mass is 342 g/mol. The zero-order valence-electron chi connectivity index (χ0n) is 15.3. The molecule has 6 heteroatoms. The van der Waals surface area contributed by atoms with E-state index in [9.17, 15) is 4.79 Å². The van der Waals surface area contributed by atoms with Gasteiger partial charge in [-0.2, -0.15) is 5.10 Å². The molecule has 0 fully saturated rings. The number of rotatable bonds is 6. The van der Waals surface area contributed by atoms with Crippen molar-refractivity contribution in [3.8, 4) is 0 Å². The van der Waals surface area contributed by atoms with E-state index in [0.29, 0.717) is 13.1 Å². The van der Waals surface area contributed by atoms with Crippen LogP contribution in [0.2, 0.25) is 0 Å². The summed E-state index contributed by atoms with van der Waals surface area (Å²) in [6.45, 7) is 10.4. The maximum absolute atomic E-state index is 12.1. The van der Waals surface area contributed by atoms with E-state index in [1.165, 1.54) is 0 Å². The maximum Gasteiger partial charge on any atom is 0.410 e. The van der Waals surface area contributed by atoms with E-state index in [-0.39, 0.29) is 6.09 Å². The first-order valence-electron chi connectivity index (χ1n) is 8.19. The lowest BCUT2D eigenvalue weighted by Crippen LogP contribution is -2.33. The first-order valence-corrected chi connectivity index (χ1v) is 8.19. The van der Waals surface area contributed by atoms with E-state index < -0.39 is 5.60 Å². The van der Waals surface area contributed by atoms with Crippen molar-refractivity contribution in [2.45, 2.75) is 39.5 Å². The zero-order valence-corrected chi connectivity index (χ0v) is 15.3. The van der Waals surface area contributed by atoms with Crippen molar-refractivity contribution in [2.24, 2.45) is 0 Å². The molecule has 0 unspecified atom stereocenters. The SMILES string of the molecule is C=Cn1cc(CNc2cccc(CN(C)C(=O)OC(C)(C)C)c2)cn1. The summed E-state index contributed by atoms with van der Waals surface area (Å²) in [5, 5.41) is 7.51. The van der Waals surface area contributed by atoms with Crippen molar-refractivity contribution in [3.63, 3.8) is 0 Å². The highest BCUT2D eigenvalue weighted by Gasteiger charge is 2.19. The molecule has 1 amide bonds. The molecule has 2 aromatic rings. The number of ether oxygens (including phenoxy) is 1. The third kappa shape index (κ3) is 5.99. The predicted molar refractivity (Wildman–Crippen MR) is 100 cm³/mol. The van der Waals surface area contributed by atoms with Gasteiger partial charge in [0, 0.05) is 43.8 Å². The summed E-state index contributed by atoms with van der Waals surface area (Å²) < 4.78 is 7.04. The molecule has 25 heavy (non-hydrogen) atoms. The number of hydrogen-bond donors (Lipinski definition) is 1. The fourth-order valence-electron chi connectivity index (χ4n) is 2.23. The summed E-state index contributed by atoms with van der Waals surface area (Å²) in [6, 6.07) is 7.98. The summed E-state index contributed by atoms with van der Waals surface area (Å²) in [7, 11) is 1.73. The molecule has 2 rings (SSSR count). The van der Waals surface area contributed by atoms with Crippen LogP contribution in [0.3, 0.4) is 0 Å². The Hall–Kier alpha value is -2.76. The molecule has 134 valence electrons. The normalized spacial score (nSPS) is 11.0. The van der Waals surface area contributed by atoms with E-state index in [0.717, 1.165) is 16.8 Å². The average molecular weight is 342 g/mol. The number of aromatic nitrogens is 2. The van der Waals surface area contributed by atoms with E-state index >= 15 is 0 Å². The van der Waals surface area contributed by atoms with Crippen molar-refractivity contribution in [3.05, 3.63) is 54.4 Å². The van der Waals surface area contributed by atoms with Gasteiger partial charge in [-0.1, -0.05) is 18.7 Å². The second kappa shape index (κ2) is 7.88. The number of amides is 1. The quantitative estimate of drug-likeness (QED) is 0.863. The summed E-state index contributed by atoms with van der Waals surface area (Å²) in [5.74, 6) is 0. The van der Waals surface area contributed by atoms with Crippen LogP contribution in [0.5, 0.6) is 0 Å². The number of nitrogens with zero attached hydrogens (tertiary/aromatic N) is 3. The number of benzene rings is 1. The first kappa shape index (κ1) is 18.6. The Morgan fingerprint density at radius 2 is 2.16 bits per heavy atom. The first-order chi connectivity index (χ1) is 11.8. The number of nitrogens with one attached hydrogen (secondary N) is 1. The van der Waals surface area contributed by atoms with Crippen LogP contribution >= 0.6 is 0 Å². The minimum atomic E-state index is -0.495. The van der Waals surface area contributed by atoms with Crippen LogP contribution in [0.15, 0.2) is 43.2 Å². The van der Waals surface area contributed by atoms with Gasteiger partial charge < -0.3 is 15.0 Å². The molecular weight excluding hydrogens is 316 g/mol. The summed E-state index contributed by atoms with van der Waals surface area (Å²) in [4.78, 5) is 13.6. The Balaban J connectivity index is 1.93. The van der Waals surface area contributed by atoms with Gasteiger partial charge in [-0.15, -0.1) is 0 Å². The standard InChI is InChI=1S/C19H26N4O2/c1-6-23-14-16(12-21-23)11-20-17-9-7-8-15(10-17)13-22(5)18(24)25-19(2,3)4/h6-10,12,14,20H,1,11,13H2,2-5H3. The largest absolute Gasteiger partial charge is 0.444 e. The van der Waals surface area contributed by atoms with Gasteiger partial charge in [0.15, 0.2) is 0 Å². The predicted octanol–water partition coefficient (Wildman–Crippen LogP) is 3.96. The van der Waals surface area contributed by atoms with Crippen LogP contribution in [0.4, 0.5) is 10.5 Å². The van der Waals surface area contributed by atoms with Gasteiger partial charge in [-0.3, -0.25) is 0 Å². The molecule has 0 aliphatic carbocycles. The lowest BCUT2D eigenvalue weighted by atomic mass is 10.2. The molecule has 0 radical (unpaired) electrons. The van der Waals surface area contributed by atoms with Gasteiger partial charge in [-0.05, 0) is 38.5 Å². The summed E-state index contributed by atoms with van der Waals surface area (Å²) in [5.41, 5.74) is 2.59. The molecule has 1 heterocycles. The number of anilines is 1. The molecule has 0 aliphatic rings. The lowest BCUT2D eigenvalue weighted by Gasteiger charge is -2.24. The van der Waals surface area contributed by atoms with Crippen LogP contribution in [-0.4, -0.2) is 33.4 Å². The number of carbonyl (C=O) groups is 1. The van der Waals surface area contributed by atoms with Crippen LogP contribution in [0.25, 0.3) is 6.20 Å². The summed E-state index contributed by atoms with van der Waals surface area (Å²) >= 11 is 0. The Morgan fingerprint density at radius 3 is 2.80 bits per heavy atom. The van der Waals surface area contributed by atoms with Gasteiger partial charge in [0.2, 0.25) is 0 Å². The molecule has 0 aliphatic heterocycles. The Labute approximate surface area is 149 Å². The molecular formula is C19H26N4O2. The highest BCUT2D eigenvalue weighted by atomic mass is 16.6. The van der Waals surface area contributed by atoms with E-state index in [2.05, 4.69) is 17.0 Å².